The van der Waals surface area contributed by atoms with E-state index >= 15 is 0 Å². The fraction of sp³-hybridized carbons (Fsp3) is 0.333. The highest BCUT2D eigenvalue weighted by molar-refractivity contribution is 7.99. The van der Waals surface area contributed by atoms with Crippen LogP contribution in [0.25, 0.3) is 0 Å². The maximum absolute atomic E-state index is 11.9. The highest BCUT2D eigenvalue weighted by Crippen LogP contribution is 2.19. The van der Waals surface area contributed by atoms with Gasteiger partial charge in [-0.25, -0.2) is 0 Å². The lowest BCUT2D eigenvalue weighted by Gasteiger charge is -2.09. The molecule has 4 nitrogen and oxygen atoms in total. The number of carbonyl (C=O) groups is 1. The minimum Gasteiger partial charge on any atom is -0.360 e. The number of hydrogen-bond acceptors (Lipinski definition) is 4. The summed E-state index contributed by atoms with van der Waals surface area (Å²) in [5.41, 5.74) is 4.02. The molecule has 0 saturated carbocycles. The van der Waals surface area contributed by atoms with Crippen LogP contribution in [-0.2, 0) is 10.5 Å². The Hall–Kier alpha value is -1.75. The number of carbonyl (C=O) groups excluding carboxylic acids is 1. The maximum atomic E-state index is 11.9. The minimum absolute atomic E-state index is 0.0000581. The van der Waals surface area contributed by atoms with Crippen molar-refractivity contribution >= 4 is 23.4 Å². The number of nitrogens with one attached hydrogen (secondary N) is 1. The molecule has 0 unspecified atom stereocenters. The van der Waals surface area contributed by atoms with Crippen molar-refractivity contribution in [1.29, 1.82) is 0 Å². The number of nitrogens with zero attached hydrogens (tertiary/aromatic N) is 1. The number of benzene rings is 1. The van der Waals surface area contributed by atoms with Crippen molar-refractivity contribution in [1.82, 2.24) is 5.16 Å². The molecule has 1 amide bonds. The summed E-state index contributed by atoms with van der Waals surface area (Å²) in [4.78, 5) is 11.9. The van der Waals surface area contributed by atoms with E-state index in [1.54, 1.807) is 0 Å². The molecule has 5 heteroatoms. The Bertz CT molecular complexity index is 608. The van der Waals surface area contributed by atoms with Crippen molar-refractivity contribution in [2.24, 2.45) is 0 Å². The molecule has 2 rings (SSSR count). The molecule has 0 aliphatic carbocycles. The average Bonchev–Trinajstić information content (AvgIpc) is 2.81. The summed E-state index contributed by atoms with van der Waals surface area (Å²) >= 11 is 1.51. The summed E-state index contributed by atoms with van der Waals surface area (Å²) in [5, 5.41) is 6.75. The van der Waals surface area contributed by atoms with Crippen LogP contribution in [0.4, 0.5) is 5.69 Å². The molecule has 106 valence electrons. The largest absolute Gasteiger partial charge is 0.360 e. The highest BCUT2D eigenvalue weighted by Gasteiger charge is 2.07. The van der Waals surface area contributed by atoms with E-state index in [0.717, 1.165) is 22.7 Å². The number of anilines is 1. The number of amides is 1. The van der Waals surface area contributed by atoms with Gasteiger partial charge in [0.25, 0.3) is 0 Å². The lowest BCUT2D eigenvalue weighted by atomic mass is 10.1. The lowest BCUT2D eigenvalue weighted by molar-refractivity contribution is -0.113. The van der Waals surface area contributed by atoms with Gasteiger partial charge >= 0.3 is 0 Å². The van der Waals surface area contributed by atoms with Gasteiger partial charge in [0.05, 0.1) is 17.2 Å². The van der Waals surface area contributed by atoms with Gasteiger partial charge < -0.3 is 9.84 Å². The minimum atomic E-state index is -0.0000581. The van der Waals surface area contributed by atoms with E-state index in [2.05, 4.69) is 10.5 Å². The topological polar surface area (TPSA) is 55.1 Å². The normalized spacial score (nSPS) is 10.6. The standard InChI is InChI=1S/C15H18N2O2S/c1-10-5-4-6-14(12(10)3)16-15(18)9-20-8-13-7-11(2)17-19-13/h4-7H,8-9H2,1-3H3,(H,16,18). The van der Waals surface area contributed by atoms with Crippen LogP contribution >= 0.6 is 11.8 Å². The van der Waals surface area contributed by atoms with Gasteiger partial charge in [0.15, 0.2) is 0 Å². The summed E-state index contributed by atoms with van der Waals surface area (Å²) in [5.74, 6) is 1.85. The Morgan fingerprint density at radius 2 is 2.15 bits per heavy atom. The zero-order chi connectivity index (χ0) is 14.5. The van der Waals surface area contributed by atoms with Gasteiger partial charge in [-0.3, -0.25) is 4.79 Å². The number of aryl methyl sites for hydroxylation is 2. The number of thioether (sulfide) groups is 1. The molecule has 0 radical (unpaired) electrons. The number of hydrogen-bond donors (Lipinski definition) is 1. The van der Waals surface area contributed by atoms with E-state index in [0.29, 0.717) is 11.5 Å². The Kier molecular flexibility index (Phi) is 4.84. The fourth-order valence-corrected chi connectivity index (χ4v) is 2.50. The summed E-state index contributed by atoms with van der Waals surface area (Å²) in [6.07, 6.45) is 0. The first-order valence-electron chi connectivity index (χ1n) is 6.42. The summed E-state index contributed by atoms with van der Waals surface area (Å²) < 4.78 is 5.10. The molecule has 0 aliphatic rings. The van der Waals surface area contributed by atoms with E-state index in [-0.39, 0.29) is 5.91 Å². The van der Waals surface area contributed by atoms with Crippen LogP contribution in [0.2, 0.25) is 0 Å². The van der Waals surface area contributed by atoms with Gasteiger partial charge in [0.2, 0.25) is 5.91 Å². The third-order valence-corrected chi connectivity index (χ3v) is 3.99. The molecule has 1 aromatic heterocycles. The lowest BCUT2D eigenvalue weighted by Crippen LogP contribution is -2.15. The van der Waals surface area contributed by atoms with Gasteiger partial charge in [0.1, 0.15) is 5.76 Å². The quantitative estimate of drug-likeness (QED) is 0.916. The molecule has 1 N–H and O–H groups in total. The zero-order valence-electron chi connectivity index (χ0n) is 11.9. The first-order valence-corrected chi connectivity index (χ1v) is 7.57. The summed E-state index contributed by atoms with van der Waals surface area (Å²) in [6.45, 7) is 5.92. The molecular formula is C15H18N2O2S. The average molecular weight is 290 g/mol. The van der Waals surface area contributed by atoms with Crippen molar-refractivity contribution in [3.8, 4) is 0 Å². The Balaban J connectivity index is 1.82. The van der Waals surface area contributed by atoms with E-state index in [9.17, 15) is 4.79 Å². The molecule has 0 saturated heterocycles. The van der Waals surface area contributed by atoms with Crippen molar-refractivity contribution in [3.63, 3.8) is 0 Å². The van der Waals surface area contributed by atoms with E-state index in [1.807, 2.05) is 45.0 Å². The summed E-state index contributed by atoms with van der Waals surface area (Å²) in [6, 6.07) is 7.79. The van der Waals surface area contributed by atoms with Gasteiger partial charge in [-0.15, -0.1) is 11.8 Å². The molecule has 0 fully saturated rings. The van der Waals surface area contributed by atoms with E-state index < -0.39 is 0 Å². The van der Waals surface area contributed by atoms with Gasteiger partial charge in [-0.1, -0.05) is 17.3 Å². The van der Waals surface area contributed by atoms with Crippen molar-refractivity contribution < 1.29 is 9.32 Å². The molecule has 0 spiro atoms. The molecule has 1 aromatic carbocycles. The molecule has 0 bridgehead atoms. The predicted octanol–water partition coefficient (Wildman–Crippen LogP) is 3.47. The van der Waals surface area contributed by atoms with E-state index in [4.69, 9.17) is 4.52 Å². The van der Waals surface area contributed by atoms with Crippen LogP contribution in [0.15, 0.2) is 28.8 Å². The molecule has 1 heterocycles. The van der Waals surface area contributed by atoms with Crippen LogP contribution in [-0.4, -0.2) is 16.8 Å². The number of rotatable bonds is 5. The Morgan fingerprint density at radius 1 is 1.35 bits per heavy atom. The molecular weight excluding hydrogens is 272 g/mol. The highest BCUT2D eigenvalue weighted by atomic mass is 32.2. The second-order valence-electron chi connectivity index (χ2n) is 4.72. The summed E-state index contributed by atoms with van der Waals surface area (Å²) in [7, 11) is 0. The first-order chi connectivity index (χ1) is 9.56. The van der Waals surface area contributed by atoms with Gasteiger partial charge in [-0.05, 0) is 38.0 Å². The van der Waals surface area contributed by atoms with Crippen LogP contribution in [0.3, 0.4) is 0 Å². The molecule has 2 aromatic rings. The van der Waals surface area contributed by atoms with Gasteiger partial charge in [0, 0.05) is 11.8 Å². The second kappa shape index (κ2) is 6.61. The first kappa shape index (κ1) is 14.7. The maximum Gasteiger partial charge on any atom is 0.234 e. The second-order valence-corrected chi connectivity index (χ2v) is 5.71. The van der Waals surface area contributed by atoms with Crippen LogP contribution < -0.4 is 5.32 Å². The third-order valence-electron chi connectivity index (χ3n) is 3.03. The van der Waals surface area contributed by atoms with Crippen LogP contribution in [0.5, 0.6) is 0 Å². The molecule has 0 atom stereocenters. The SMILES string of the molecule is Cc1cc(CSCC(=O)Nc2cccc(C)c2C)on1. The third kappa shape index (κ3) is 3.87. The fourth-order valence-electron chi connectivity index (χ4n) is 1.80. The van der Waals surface area contributed by atoms with Crippen LogP contribution in [0.1, 0.15) is 22.6 Å². The molecule has 20 heavy (non-hydrogen) atoms. The van der Waals surface area contributed by atoms with Crippen molar-refractivity contribution in [2.75, 3.05) is 11.1 Å². The predicted molar refractivity (Wildman–Crippen MR) is 81.9 cm³/mol. The van der Waals surface area contributed by atoms with Crippen LogP contribution in [0, 0.1) is 20.8 Å². The van der Waals surface area contributed by atoms with Crippen molar-refractivity contribution in [3.05, 3.63) is 46.8 Å². The molecule has 0 aliphatic heterocycles. The Morgan fingerprint density at radius 3 is 2.85 bits per heavy atom. The zero-order valence-corrected chi connectivity index (χ0v) is 12.7. The number of aromatic nitrogens is 1. The smallest absolute Gasteiger partial charge is 0.234 e. The monoisotopic (exact) mass is 290 g/mol. The Labute approximate surface area is 122 Å². The van der Waals surface area contributed by atoms with E-state index in [1.165, 1.54) is 17.3 Å². The van der Waals surface area contributed by atoms with Crippen molar-refractivity contribution in [2.45, 2.75) is 26.5 Å². The van der Waals surface area contributed by atoms with Gasteiger partial charge in [-0.2, -0.15) is 0 Å².